The van der Waals surface area contributed by atoms with Gasteiger partial charge in [-0.3, -0.25) is 4.98 Å². The molecule has 0 unspecified atom stereocenters. The number of aromatic nitrogens is 3. The van der Waals surface area contributed by atoms with Crippen LogP contribution in [0.5, 0.6) is 0 Å². The minimum absolute atomic E-state index is 1.01. The summed E-state index contributed by atoms with van der Waals surface area (Å²) in [5, 5.41) is 4.32. The fourth-order valence-electron chi connectivity index (χ4n) is 1.41. The molecule has 0 aliphatic carbocycles. The van der Waals surface area contributed by atoms with E-state index in [1.54, 1.807) is 6.20 Å². The Kier molecular flexibility index (Phi) is 2.08. The Labute approximate surface area is 83.4 Å². The average molecular weight is 187 g/mol. The average Bonchev–Trinajstić information content (AvgIpc) is 2.48. The predicted molar refractivity (Wildman–Crippen MR) is 55.6 cm³/mol. The number of hydrogen-bond acceptors (Lipinski definition) is 2. The lowest BCUT2D eigenvalue weighted by molar-refractivity contribution is 0.841. The van der Waals surface area contributed by atoms with E-state index in [0.29, 0.717) is 0 Å². The van der Waals surface area contributed by atoms with Crippen LogP contribution in [-0.2, 0) is 0 Å². The maximum Gasteiger partial charge on any atom is 0.0682 e. The quantitative estimate of drug-likeness (QED) is 0.685. The molecule has 0 saturated carbocycles. The molecule has 2 aromatic heterocycles. The van der Waals surface area contributed by atoms with E-state index in [9.17, 15) is 0 Å². The topological polar surface area (TPSA) is 30.7 Å². The highest BCUT2D eigenvalue weighted by atomic mass is 15.3. The first-order valence-corrected chi connectivity index (χ1v) is 4.63. The summed E-state index contributed by atoms with van der Waals surface area (Å²) in [7, 11) is 0. The SMILES string of the molecule is Cc1cc(-n2ncc(C)c2C)ccn1. The molecule has 0 atom stereocenters. The van der Waals surface area contributed by atoms with Gasteiger partial charge in [-0.2, -0.15) is 5.10 Å². The molecule has 0 aliphatic rings. The molecule has 14 heavy (non-hydrogen) atoms. The molecule has 2 aromatic rings. The third kappa shape index (κ3) is 1.41. The first-order valence-electron chi connectivity index (χ1n) is 4.63. The van der Waals surface area contributed by atoms with Crippen LogP contribution in [0.15, 0.2) is 24.5 Å². The number of pyridine rings is 1. The lowest BCUT2D eigenvalue weighted by Gasteiger charge is -2.04. The van der Waals surface area contributed by atoms with Gasteiger partial charge < -0.3 is 0 Å². The van der Waals surface area contributed by atoms with E-state index in [2.05, 4.69) is 23.9 Å². The van der Waals surface area contributed by atoms with Gasteiger partial charge in [0.1, 0.15) is 0 Å². The van der Waals surface area contributed by atoms with Gasteiger partial charge in [0.25, 0.3) is 0 Å². The zero-order valence-electron chi connectivity index (χ0n) is 8.65. The number of rotatable bonds is 1. The second-order valence-corrected chi connectivity index (χ2v) is 3.48. The Morgan fingerprint density at radius 2 is 2.00 bits per heavy atom. The maximum atomic E-state index is 4.32. The highest BCUT2D eigenvalue weighted by Gasteiger charge is 2.04. The van der Waals surface area contributed by atoms with Gasteiger partial charge in [-0.05, 0) is 38.5 Å². The van der Waals surface area contributed by atoms with Crippen molar-refractivity contribution in [3.8, 4) is 5.69 Å². The second kappa shape index (κ2) is 3.25. The van der Waals surface area contributed by atoms with Crippen LogP contribution >= 0.6 is 0 Å². The van der Waals surface area contributed by atoms with Gasteiger partial charge in [0.15, 0.2) is 0 Å². The highest BCUT2D eigenvalue weighted by Crippen LogP contribution is 2.12. The van der Waals surface area contributed by atoms with Crippen molar-refractivity contribution in [1.29, 1.82) is 0 Å². The van der Waals surface area contributed by atoms with E-state index in [-0.39, 0.29) is 0 Å². The molecule has 0 aromatic carbocycles. The van der Waals surface area contributed by atoms with Crippen molar-refractivity contribution in [3.63, 3.8) is 0 Å². The van der Waals surface area contributed by atoms with Crippen LogP contribution in [0.3, 0.4) is 0 Å². The lowest BCUT2D eigenvalue weighted by atomic mass is 10.3. The lowest BCUT2D eigenvalue weighted by Crippen LogP contribution is -1.99. The fraction of sp³-hybridized carbons (Fsp3) is 0.273. The summed E-state index contributed by atoms with van der Waals surface area (Å²) in [4.78, 5) is 4.16. The van der Waals surface area contributed by atoms with E-state index in [4.69, 9.17) is 0 Å². The van der Waals surface area contributed by atoms with Crippen LogP contribution in [0, 0.1) is 20.8 Å². The molecule has 3 heteroatoms. The van der Waals surface area contributed by atoms with Crippen LogP contribution in [0.4, 0.5) is 0 Å². The second-order valence-electron chi connectivity index (χ2n) is 3.48. The zero-order chi connectivity index (χ0) is 10.1. The van der Waals surface area contributed by atoms with Crippen LogP contribution in [0.1, 0.15) is 17.0 Å². The molecule has 0 fully saturated rings. The summed E-state index contributed by atoms with van der Waals surface area (Å²) >= 11 is 0. The van der Waals surface area contributed by atoms with Gasteiger partial charge in [-0.25, -0.2) is 4.68 Å². The van der Waals surface area contributed by atoms with Crippen molar-refractivity contribution >= 4 is 0 Å². The molecule has 0 saturated heterocycles. The van der Waals surface area contributed by atoms with Gasteiger partial charge in [0.05, 0.1) is 11.9 Å². The normalized spacial score (nSPS) is 10.5. The highest BCUT2D eigenvalue weighted by molar-refractivity contribution is 5.34. The first kappa shape index (κ1) is 8.94. The Balaban J connectivity index is 2.55. The van der Waals surface area contributed by atoms with E-state index < -0.39 is 0 Å². The van der Waals surface area contributed by atoms with Crippen molar-refractivity contribution in [2.24, 2.45) is 0 Å². The Hall–Kier alpha value is -1.64. The zero-order valence-corrected chi connectivity index (χ0v) is 8.65. The summed E-state index contributed by atoms with van der Waals surface area (Å²) in [6.45, 7) is 6.11. The minimum atomic E-state index is 1.01. The summed E-state index contributed by atoms with van der Waals surface area (Å²) in [6.07, 6.45) is 3.69. The third-order valence-corrected chi connectivity index (χ3v) is 2.38. The van der Waals surface area contributed by atoms with Gasteiger partial charge in [-0.15, -0.1) is 0 Å². The number of aryl methyl sites for hydroxylation is 2. The van der Waals surface area contributed by atoms with Crippen molar-refractivity contribution in [1.82, 2.24) is 14.8 Å². The van der Waals surface area contributed by atoms with Gasteiger partial charge in [0.2, 0.25) is 0 Å². The molecular formula is C11H13N3. The molecule has 0 amide bonds. The molecule has 0 N–H and O–H groups in total. The number of hydrogen-bond donors (Lipinski definition) is 0. The molecule has 2 rings (SSSR count). The Morgan fingerprint density at radius 3 is 2.57 bits per heavy atom. The summed E-state index contributed by atoms with van der Waals surface area (Å²) < 4.78 is 1.93. The largest absolute Gasteiger partial charge is 0.261 e. The predicted octanol–water partition coefficient (Wildman–Crippen LogP) is 2.19. The van der Waals surface area contributed by atoms with E-state index in [0.717, 1.165) is 11.4 Å². The van der Waals surface area contributed by atoms with Crippen molar-refractivity contribution in [3.05, 3.63) is 41.5 Å². The van der Waals surface area contributed by atoms with E-state index >= 15 is 0 Å². The van der Waals surface area contributed by atoms with Crippen LogP contribution in [0.25, 0.3) is 5.69 Å². The molecule has 0 radical (unpaired) electrons. The van der Waals surface area contributed by atoms with Gasteiger partial charge in [0, 0.05) is 17.6 Å². The molecular weight excluding hydrogens is 174 g/mol. The minimum Gasteiger partial charge on any atom is -0.261 e. The molecule has 0 aliphatic heterocycles. The summed E-state index contributed by atoms with van der Waals surface area (Å²) in [5.41, 5.74) is 4.47. The van der Waals surface area contributed by atoms with Crippen molar-refractivity contribution < 1.29 is 0 Å². The smallest absolute Gasteiger partial charge is 0.0682 e. The van der Waals surface area contributed by atoms with Crippen LogP contribution in [0.2, 0.25) is 0 Å². The maximum absolute atomic E-state index is 4.32. The molecule has 72 valence electrons. The van der Waals surface area contributed by atoms with E-state index in [1.165, 1.54) is 11.3 Å². The molecule has 0 spiro atoms. The monoisotopic (exact) mass is 187 g/mol. The van der Waals surface area contributed by atoms with Gasteiger partial charge in [-0.1, -0.05) is 0 Å². The summed E-state index contributed by atoms with van der Waals surface area (Å²) in [5.74, 6) is 0. The summed E-state index contributed by atoms with van der Waals surface area (Å²) in [6, 6.07) is 3.99. The third-order valence-electron chi connectivity index (χ3n) is 2.38. The standard InChI is InChI=1S/C11H13N3/c1-8-7-13-14(10(8)3)11-4-5-12-9(2)6-11/h4-7H,1-3H3. The Morgan fingerprint density at radius 1 is 1.21 bits per heavy atom. The molecule has 0 bridgehead atoms. The number of nitrogens with zero attached hydrogens (tertiary/aromatic N) is 3. The van der Waals surface area contributed by atoms with E-state index in [1.807, 2.05) is 29.9 Å². The van der Waals surface area contributed by atoms with Gasteiger partial charge >= 0.3 is 0 Å². The van der Waals surface area contributed by atoms with Crippen molar-refractivity contribution in [2.45, 2.75) is 20.8 Å². The fourth-order valence-corrected chi connectivity index (χ4v) is 1.41. The first-order chi connectivity index (χ1) is 6.68. The van der Waals surface area contributed by atoms with Crippen molar-refractivity contribution in [2.75, 3.05) is 0 Å². The molecule has 3 nitrogen and oxygen atoms in total. The van der Waals surface area contributed by atoms with Crippen LogP contribution in [-0.4, -0.2) is 14.8 Å². The molecule has 2 heterocycles. The van der Waals surface area contributed by atoms with Crippen LogP contribution < -0.4 is 0 Å². The Bertz CT molecular complexity index is 457.